The molecule has 0 heterocycles. The van der Waals surface area contributed by atoms with Crippen LogP contribution in [-0.4, -0.2) is 0 Å². The zero-order valence-electron chi connectivity index (χ0n) is 8.38. The summed E-state index contributed by atoms with van der Waals surface area (Å²) in [4.78, 5) is 0. The molecular formula is C12H17N. The Morgan fingerprint density at radius 1 is 1.31 bits per heavy atom. The number of hydrogen-bond acceptors (Lipinski definition) is 1. The Bertz CT molecular complexity index is 262. The largest absolute Gasteiger partial charge is 0.385 e. The van der Waals surface area contributed by atoms with Crippen LogP contribution in [0.5, 0.6) is 0 Å². The highest BCUT2D eigenvalue weighted by Crippen LogP contribution is 1.99. The van der Waals surface area contributed by atoms with Gasteiger partial charge in [-0.05, 0) is 18.9 Å². The summed E-state index contributed by atoms with van der Waals surface area (Å²) in [5.41, 5.74) is 2.58. The molecule has 0 saturated carbocycles. The molecule has 1 aromatic carbocycles. The maximum Gasteiger partial charge on any atom is 0.0397 e. The quantitative estimate of drug-likeness (QED) is 0.741. The molecule has 70 valence electrons. The average Bonchev–Trinajstić information content (AvgIpc) is 2.17. The molecular weight excluding hydrogens is 158 g/mol. The van der Waals surface area contributed by atoms with Gasteiger partial charge in [0.1, 0.15) is 0 Å². The first-order valence-corrected chi connectivity index (χ1v) is 4.77. The van der Waals surface area contributed by atoms with Crippen molar-refractivity contribution >= 4 is 0 Å². The van der Waals surface area contributed by atoms with Gasteiger partial charge >= 0.3 is 0 Å². The highest BCUT2D eigenvalue weighted by molar-refractivity contribution is 5.15. The molecule has 0 radical (unpaired) electrons. The molecule has 0 aliphatic rings. The second-order valence-electron chi connectivity index (χ2n) is 3.13. The molecule has 0 unspecified atom stereocenters. The molecule has 0 spiro atoms. The lowest BCUT2D eigenvalue weighted by Gasteiger charge is -2.05. The molecule has 1 aromatic rings. The molecule has 0 aliphatic heterocycles. The van der Waals surface area contributed by atoms with E-state index in [0.717, 1.165) is 13.0 Å². The average molecular weight is 175 g/mol. The van der Waals surface area contributed by atoms with Gasteiger partial charge in [0.2, 0.25) is 0 Å². The van der Waals surface area contributed by atoms with E-state index in [0.29, 0.717) is 0 Å². The van der Waals surface area contributed by atoms with Gasteiger partial charge in [0.05, 0.1) is 0 Å². The predicted octanol–water partition coefficient (Wildman–Crippen LogP) is 3.09. The van der Waals surface area contributed by atoms with Gasteiger partial charge in [0, 0.05) is 12.2 Å². The second-order valence-corrected chi connectivity index (χ2v) is 3.13. The van der Waals surface area contributed by atoms with Crippen molar-refractivity contribution in [3.63, 3.8) is 0 Å². The number of rotatable bonds is 4. The topological polar surface area (TPSA) is 12.0 Å². The van der Waals surface area contributed by atoms with E-state index >= 15 is 0 Å². The first-order valence-electron chi connectivity index (χ1n) is 4.77. The standard InChI is InChI=1S/C12H17N/c1-3-7-11(2)13-10-12-8-5-4-6-9-12/h4-9,13H,3,10H2,1-2H3/b11-7+. The first kappa shape index (κ1) is 9.85. The first-order chi connectivity index (χ1) is 6.33. The van der Waals surface area contributed by atoms with Gasteiger partial charge in [0.15, 0.2) is 0 Å². The Morgan fingerprint density at radius 2 is 2.00 bits per heavy atom. The van der Waals surface area contributed by atoms with Crippen LogP contribution in [0.4, 0.5) is 0 Å². The van der Waals surface area contributed by atoms with Crippen LogP contribution in [0.25, 0.3) is 0 Å². The van der Waals surface area contributed by atoms with Crippen molar-refractivity contribution in [1.82, 2.24) is 5.32 Å². The van der Waals surface area contributed by atoms with Crippen LogP contribution < -0.4 is 5.32 Å². The van der Waals surface area contributed by atoms with Gasteiger partial charge in [-0.2, -0.15) is 0 Å². The van der Waals surface area contributed by atoms with E-state index in [4.69, 9.17) is 0 Å². The zero-order valence-corrected chi connectivity index (χ0v) is 8.38. The minimum absolute atomic E-state index is 0.920. The number of hydrogen-bond donors (Lipinski definition) is 1. The van der Waals surface area contributed by atoms with E-state index in [1.165, 1.54) is 11.3 Å². The number of benzene rings is 1. The molecule has 0 fully saturated rings. The summed E-state index contributed by atoms with van der Waals surface area (Å²) in [5.74, 6) is 0. The third kappa shape index (κ3) is 3.79. The summed E-state index contributed by atoms with van der Waals surface area (Å²) in [7, 11) is 0. The zero-order chi connectivity index (χ0) is 9.52. The SMILES string of the molecule is CC/C=C(\C)NCc1ccccc1. The van der Waals surface area contributed by atoms with E-state index in [2.05, 4.69) is 49.5 Å². The Hall–Kier alpha value is -1.24. The Labute approximate surface area is 80.5 Å². The van der Waals surface area contributed by atoms with Gasteiger partial charge in [-0.3, -0.25) is 0 Å². The molecule has 13 heavy (non-hydrogen) atoms. The summed E-state index contributed by atoms with van der Waals surface area (Å²) < 4.78 is 0. The third-order valence-corrected chi connectivity index (χ3v) is 1.92. The summed E-state index contributed by atoms with van der Waals surface area (Å²) in [6.07, 6.45) is 3.29. The monoisotopic (exact) mass is 175 g/mol. The summed E-state index contributed by atoms with van der Waals surface area (Å²) in [6, 6.07) is 10.4. The van der Waals surface area contributed by atoms with E-state index in [-0.39, 0.29) is 0 Å². The van der Waals surface area contributed by atoms with Crippen molar-refractivity contribution in [3.05, 3.63) is 47.7 Å². The van der Waals surface area contributed by atoms with Crippen LogP contribution in [0.2, 0.25) is 0 Å². The fourth-order valence-corrected chi connectivity index (χ4v) is 1.22. The van der Waals surface area contributed by atoms with Crippen LogP contribution >= 0.6 is 0 Å². The highest BCUT2D eigenvalue weighted by atomic mass is 14.9. The molecule has 1 nitrogen and oxygen atoms in total. The highest BCUT2D eigenvalue weighted by Gasteiger charge is 1.89. The minimum Gasteiger partial charge on any atom is -0.385 e. The van der Waals surface area contributed by atoms with Crippen molar-refractivity contribution in [3.8, 4) is 0 Å². The van der Waals surface area contributed by atoms with Gasteiger partial charge in [-0.1, -0.05) is 43.3 Å². The van der Waals surface area contributed by atoms with Gasteiger partial charge in [-0.15, -0.1) is 0 Å². The summed E-state index contributed by atoms with van der Waals surface area (Å²) >= 11 is 0. The molecule has 1 rings (SSSR count). The van der Waals surface area contributed by atoms with E-state index in [9.17, 15) is 0 Å². The fourth-order valence-electron chi connectivity index (χ4n) is 1.22. The molecule has 0 atom stereocenters. The third-order valence-electron chi connectivity index (χ3n) is 1.92. The predicted molar refractivity (Wildman–Crippen MR) is 57.3 cm³/mol. The molecule has 1 heteroatoms. The van der Waals surface area contributed by atoms with Crippen molar-refractivity contribution < 1.29 is 0 Å². The van der Waals surface area contributed by atoms with Crippen LogP contribution in [0.3, 0.4) is 0 Å². The maximum atomic E-state index is 3.36. The number of allylic oxidation sites excluding steroid dienone is 2. The van der Waals surface area contributed by atoms with Crippen LogP contribution in [-0.2, 0) is 6.54 Å². The van der Waals surface area contributed by atoms with Gasteiger partial charge < -0.3 is 5.32 Å². The van der Waals surface area contributed by atoms with Gasteiger partial charge in [0.25, 0.3) is 0 Å². The van der Waals surface area contributed by atoms with E-state index < -0.39 is 0 Å². The second kappa shape index (κ2) is 5.41. The Kier molecular flexibility index (Phi) is 4.10. The normalized spacial score (nSPS) is 11.4. The molecule has 0 saturated heterocycles. The van der Waals surface area contributed by atoms with Crippen LogP contribution in [0.1, 0.15) is 25.8 Å². The van der Waals surface area contributed by atoms with Gasteiger partial charge in [-0.25, -0.2) is 0 Å². The summed E-state index contributed by atoms with van der Waals surface area (Å²) in [5, 5.41) is 3.36. The lowest BCUT2D eigenvalue weighted by Crippen LogP contribution is -2.09. The molecule has 0 amide bonds. The van der Waals surface area contributed by atoms with Crippen molar-refractivity contribution in [2.45, 2.75) is 26.8 Å². The molecule has 0 aliphatic carbocycles. The van der Waals surface area contributed by atoms with E-state index in [1.807, 2.05) is 6.07 Å². The Morgan fingerprint density at radius 3 is 2.62 bits per heavy atom. The summed E-state index contributed by atoms with van der Waals surface area (Å²) in [6.45, 7) is 5.17. The lowest BCUT2D eigenvalue weighted by molar-refractivity contribution is 0.805. The smallest absolute Gasteiger partial charge is 0.0397 e. The van der Waals surface area contributed by atoms with Crippen LogP contribution in [0, 0.1) is 0 Å². The Balaban J connectivity index is 2.39. The minimum atomic E-state index is 0.920. The lowest BCUT2D eigenvalue weighted by atomic mass is 10.2. The molecule has 1 N–H and O–H groups in total. The fraction of sp³-hybridized carbons (Fsp3) is 0.333. The van der Waals surface area contributed by atoms with Crippen molar-refractivity contribution in [1.29, 1.82) is 0 Å². The van der Waals surface area contributed by atoms with E-state index in [1.54, 1.807) is 0 Å². The maximum absolute atomic E-state index is 3.36. The number of nitrogens with one attached hydrogen (secondary N) is 1. The molecule has 0 bridgehead atoms. The van der Waals surface area contributed by atoms with Crippen LogP contribution in [0.15, 0.2) is 42.1 Å². The van der Waals surface area contributed by atoms with Crippen molar-refractivity contribution in [2.75, 3.05) is 0 Å². The molecule has 0 aromatic heterocycles. The van der Waals surface area contributed by atoms with Crippen molar-refractivity contribution in [2.24, 2.45) is 0 Å².